The number of hydrogen-bond acceptors (Lipinski definition) is 4. The number of hydrogen-bond donors (Lipinski definition) is 1. The van der Waals surface area contributed by atoms with E-state index in [1.54, 1.807) is 19.2 Å². The summed E-state index contributed by atoms with van der Waals surface area (Å²) in [6.07, 6.45) is 0. The van der Waals surface area contributed by atoms with Gasteiger partial charge in [0.2, 0.25) is 5.88 Å². The quantitative estimate of drug-likeness (QED) is 0.890. The largest absolute Gasteiger partial charge is 0.481 e. The number of methoxy groups -OCH3 is 1. The van der Waals surface area contributed by atoms with Crippen LogP contribution in [-0.4, -0.2) is 12.1 Å². The van der Waals surface area contributed by atoms with Gasteiger partial charge in [-0.3, -0.25) is 0 Å². The predicted octanol–water partition coefficient (Wildman–Crippen LogP) is 2.57. The Kier molecular flexibility index (Phi) is 3.77. The van der Waals surface area contributed by atoms with E-state index in [2.05, 4.69) is 16.4 Å². The van der Waals surface area contributed by atoms with Gasteiger partial charge in [0.15, 0.2) is 0 Å². The molecule has 18 heavy (non-hydrogen) atoms. The Hall–Kier alpha value is -2.54. The zero-order chi connectivity index (χ0) is 12.8. The first-order valence-electron chi connectivity index (χ1n) is 5.56. The zero-order valence-electron chi connectivity index (χ0n) is 10.1. The SMILES string of the molecule is COc1cccc(CNc2ccccc2C#N)n1. The van der Waals surface area contributed by atoms with E-state index in [1.165, 1.54) is 0 Å². The van der Waals surface area contributed by atoms with Gasteiger partial charge >= 0.3 is 0 Å². The summed E-state index contributed by atoms with van der Waals surface area (Å²) in [7, 11) is 1.59. The Labute approximate surface area is 106 Å². The van der Waals surface area contributed by atoms with Gasteiger partial charge in [0.25, 0.3) is 0 Å². The summed E-state index contributed by atoms with van der Waals surface area (Å²) in [6.45, 7) is 0.551. The molecule has 0 bridgehead atoms. The lowest BCUT2D eigenvalue weighted by Crippen LogP contribution is -2.03. The highest BCUT2D eigenvalue weighted by Crippen LogP contribution is 2.15. The van der Waals surface area contributed by atoms with Gasteiger partial charge in [-0.2, -0.15) is 5.26 Å². The molecule has 2 rings (SSSR count). The number of nitrogens with zero attached hydrogens (tertiary/aromatic N) is 2. The van der Waals surface area contributed by atoms with Crippen molar-refractivity contribution in [3.05, 3.63) is 53.7 Å². The topological polar surface area (TPSA) is 57.9 Å². The Morgan fingerprint density at radius 2 is 2.06 bits per heavy atom. The average Bonchev–Trinajstić information content (AvgIpc) is 2.45. The molecule has 0 aliphatic heterocycles. The van der Waals surface area contributed by atoms with Crippen molar-refractivity contribution in [2.45, 2.75) is 6.54 Å². The van der Waals surface area contributed by atoms with Crippen molar-refractivity contribution in [2.75, 3.05) is 12.4 Å². The number of nitrogens with one attached hydrogen (secondary N) is 1. The molecule has 0 aliphatic rings. The summed E-state index contributed by atoms with van der Waals surface area (Å²) in [6, 6.07) is 15.1. The van der Waals surface area contributed by atoms with Gasteiger partial charge < -0.3 is 10.1 Å². The van der Waals surface area contributed by atoms with Crippen molar-refractivity contribution < 1.29 is 4.74 Å². The molecule has 1 N–H and O–H groups in total. The van der Waals surface area contributed by atoms with Crippen LogP contribution in [0.15, 0.2) is 42.5 Å². The molecule has 0 fully saturated rings. The first kappa shape index (κ1) is 11.9. The Morgan fingerprint density at radius 3 is 2.83 bits per heavy atom. The molecule has 0 radical (unpaired) electrons. The fourth-order valence-corrected chi connectivity index (χ4v) is 1.59. The molecule has 0 saturated carbocycles. The number of rotatable bonds is 4. The second-order valence-electron chi connectivity index (χ2n) is 3.68. The highest BCUT2D eigenvalue weighted by molar-refractivity contribution is 5.57. The number of anilines is 1. The molecule has 0 unspecified atom stereocenters. The summed E-state index contributed by atoms with van der Waals surface area (Å²) in [4.78, 5) is 4.29. The van der Waals surface area contributed by atoms with Crippen LogP contribution in [0.25, 0.3) is 0 Å². The third-order valence-corrected chi connectivity index (χ3v) is 2.50. The molecular weight excluding hydrogens is 226 g/mol. The Bertz CT molecular complexity index is 575. The molecule has 1 aromatic heterocycles. The third kappa shape index (κ3) is 2.77. The van der Waals surface area contributed by atoms with Crippen LogP contribution in [0.2, 0.25) is 0 Å². The van der Waals surface area contributed by atoms with Crippen LogP contribution in [0.1, 0.15) is 11.3 Å². The summed E-state index contributed by atoms with van der Waals surface area (Å²) in [5.74, 6) is 0.586. The number of ether oxygens (including phenoxy) is 1. The predicted molar refractivity (Wildman–Crippen MR) is 69.3 cm³/mol. The maximum absolute atomic E-state index is 8.97. The fourth-order valence-electron chi connectivity index (χ4n) is 1.59. The number of pyridine rings is 1. The molecule has 0 aliphatic carbocycles. The van der Waals surface area contributed by atoms with E-state index in [9.17, 15) is 0 Å². The second-order valence-corrected chi connectivity index (χ2v) is 3.68. The lowest BCUT2D eigenvalue weighted by molar-refractivity contribution is 0.396. The molecule has 0 amide bonds. The van der Waals surface area contributed by atoms with Crippen LogP contribution in [-0.2, 0) is 6.54 Å². The molecule has 2 aromatic rings. The molecule has 4 heteroatoms. The monoisotopic (exact) mass is 239 g/mol. The number of para-hydroxylation sites is 1. The normalized spacial score (nSPS) is 9.56. The van der Waals surface area contributed by atoms with Gasteiger partial charge in [-0.25, -0.2) is 4.98 Å². The van der Waals surface area contributed by atoms with Gasteiger partial charge in [-0.1, -0.05) is 18.2 Å². The summed E-state index contributed by atoms with van der Waals surface area (Å²) in [5.41, 5.74) is 2.30. The van der Waals surface area contributed by atoms with Crippen molar-refractivity contribution in [3.63, 3.8) is 0 Å². The molecule has 4 nitrogen and oxygen atoms in total. The minimum absolute atomic E-state index is 0.551. The number of nitriles is 1. The molecule has 0 saturated heterocycles. The summed E-state index contributed by atoms with van der Waals surface area (Å²) in [5, 5.41) is 12.2. The Balaban J connectivity index is 2.09. The maximum atomic E-state index is 8.97. The average molecular weight is 239 g/mol. The van der Waals surface area contributed by atoms with E-state index in [1.807, 2.05) is 30.3 Å². The van der Waals surface area contributed by atoms with E-state index in [4.69, 9.17) is 10.00 Å². The fraction of sp³-hybridized carbons (Fsp3) is 0.143. The molecule has 0 atom stereocenters. The van der Waals surface area contributed by atoms with Crippen molar-refractivity contribution in [1.82, 2.24) is 4.98 Å². The van der Waals surface area contributed by atoms with Crippen molar-refractivity contribution in [2.24, 2.45) is 0 Å². The smallest absolute Gasteiger partial charge is 0.213 e. The molecule has 90 valence electrons. The van der Waals surface area contributed by atoms with Crippen LogP contribution >= 0.6 is 0 Å². The van der Waals surface area contributed by atoms with Crippen LogP contribution < -0.4 is 10.1 Å². The van der Waals surface area contributed by atoms with Gasteiger partial charge in [-0.05, 0) is 18.2 Å². The summed E-state index contributed by atoms with van der Waals surface area (Å²) >= 11 is 0. The van der Waals surface area contributed by atoms with Crippen LogP contribution in [0.4, 0.5) is 5.69 Å². The lowest BCUT2D eigenvalue weighted by Gasteiger charge is -2.08. The zero-order valence-corrected chi connectivity index (χ0v) is 10.1. The highest BCUT2D eigenvalue weighted by Gasteiger charge is 2.01. The van der Waals surface area contributed by atoms with Crippen LogP contribution in [0.3, 0.4) is 0 Å². The van der Waals surface area contributed by atoms with E-state index < -0.39 is 0 Å². The minimum atomic E-state index is 0.551. The van der Waals surface area contributed by atoms with Gasteiger partial charge in [0.05, 0.1) is 30.6 Å². The second kappa shape index (κ2) is 5.69. The molecule has 1 aromatic carbocycles. The maximum Gasteiger partial charge on any atom is 0.213 e. The molecule has 1 heterocycles. The standard InChI is InChI=1S/C14H13N3O/c1-18-14-8-4-6-12(17-14)10-16-13-7-3-2-5-11(13)9-15/h2-8,16H,10H2,1H3. The van der Waals surface area contributed by atoms with Crippen molar-refractivity contribution >= 4 is 5.69 Å². The first-order chi connectivity index (χ1) is 8.83. The lowest BCUT2D eigenvalue weighted by atomic mass is 10.2. The van der Waals surface area contributed by atoms with E-state index in [-0.39, 0.29) is 0 Å². The van der Waals surface area contributed by atoms with E-state index >= 15 is 0 Å². The minimum Gasteiger partial charge on any atom is -0.481 e. The van der Waals surface area contributed by atoms with Gasteiger partial charge in [0.1, 0.15) is 6.07 Å². The number of benzene rings is 1. The van der Waals surface area contributed by atoms with E-state index in [0.717, 1.165) is 11.4 Å². The third-order valence-electron chi connectivity index (χ3n) is 2.50. The van der Waals surface area contributed by atoms with Crippen LogP contribution in [0.5, 0.6) is 5.88 Å². The van der Waals surface area contributed by atoms with Gasteiger partial charge in [-0.15, -0.1) is 0 Å². The van der Waals surface area contributed by atoms with E-state index in [0.29, 0.717) is 18.0 Å². The Morgan fingerprint density at radius 1 is 1.22 bits per heavy atom. The molecule has 0 spiro atoms. The molecular formula is C14H13N3O. The number of aromatic nitrogens is 1. The summed E-state index contributed by atoms with van der Waals surface area (Å²) < 4.78 is 5.06. The van der Waals surface area contributed by atoms with Gasteiger partial charge in [0, 0.05) is 6.07 Å². The van der Waals surface area contributed by atoms with Crippen LogP contribution in [0, 0.1) is 11.3 Å². The highest BCUT2D eigenvalue weighted by atomic mass is 16.5. The van der Waals surface area contributed by atoms with Crippen molar-refractivity contribution in [3.8, 4) is 11.9 Å². The first-order valence-corrected chi connectivity index (χ1v) is 5.56. The van der Waals surface area contributed by atoms with Crippen molar-refractivity contribution in [1.29, 1.82) is 5.26 Å².